The fourth-order valence-corrected chi connectivity index (χ4v) is 6.37. The van der Waals surface area contributed by atoms with Crippen LogP contribution in [0.5, 0.6) is 0 Å². The lowest BCUT2D eigenvalue weighted by Crippen LogP contribution is -2.46. The van der Waals surface area contributed by atoms with E-state index in [-0.39, 0.29) is 47.7 Å². The molecule has 2 aromatic carbocycles. The molecule has 1 amide bonds. The van der Waals surface area contributed by atoms with Crippen LogP contribution in [0, 0.1) is 17.2 Å². The number of ketones is 1. The van der Waals surface area contributed by atoms with Gasteiger partial charge in [-0.25, -0.2) is 12.8 Å². The molecule has 7 nitrogen and oxygen atoms in total. The Bertz CT molecular complexity index is 1360. The third-order valence-electron chi connectivity index (χ3n) is 7.74. The van der Waals surface area contributed by atoms with E-state index in [1.807, 2.05) is 0 Å². The molecule has 0 aliphatic carbocycles. The number of halogens is 4. The lowest BCUT2D eigenvalue weighted by atomic mass is 9.73. The monoisotopic (exact) mass is 572 g/mol. The Morgan fingerprint density at radius 2 is 1.69 bits per heavy atom. The van der Waals surface area contributed by atoms with Crippen LogP contribution >= 0.6 is 0 Å². The maximum absolute atomic E-state index is 13.8. The molecule has 0 fully saturated rings. The van der Waals surface area contributed by atoms with Gasteiger partial charge in [-0.15, -0.1) is 0 Å². The van der Waals surface area contributed by atoms with Gasteiger partial charge in [-0.1, -0.05) is 32.9 Å². The number of anilines is 1. The Labute approximate surface area is 225 Å². The molecular weight excluding hydrogens is 540 g/mol. The van der Waals surface area contributed by atoms with Crippen molar-refractivity contribution in [3.8, 4) is 0 Å². The zero-order valence-corrected chi connectivity index (χ0v) is 22.9. The van der Waals surface area contributed by atoms with Crippen molar-refractivity contribution in [3.63, 3.8) is 0 Å². The highest BCUT2D eigenvalue weighted by Crippen LogP contribution is 2.43. The van der Waals surface area contributed by atoms with Crippen LogP contribution in [0.15, 0.2) is 47.4 Å². The van der Waals surface area contributed by atoms with Gasteiger partial charge in [0.15, 0.2) is 5.60 Å². The highest BCUT2D eigenvalue weighted by atomic mass is 32.2. The van der Waals surface area contributed by atoms with Gasteiger partial charge in [0.25, 0.3) is 10.0 Å². The van der Waals surface area contributed by atoms with Crippen molar-refractivity contribution in [1.82, 2.24) is 0 Å². The first-order valence-corrected chi connectivity index (χ1v) is 13.8. The summed E-state index contributed by atoms with van der Waals surface area (Å²) >= 11 is 0. The molecule has 3 atom stereocenters. The normalized spacial score (nSPS) is 19.2. The number of nitrogens with zero attached hydrogens (tertiary/aromatic N) is 1. The minimum absolute atomic E-state index is 0.0478. The summed E-state index contributed by atoms with van der Waals surface area (Å²) in [6, 6.07) is 6.38. The Hall–Kier alpha value is -2.99. The summed E-state index contributed by atoms with van der Waals surface area (Å²) in [6.45, 7) is 5.66. The Kier molecular flexibility index (Phi) is 8.25. The number of nitrogens with two attached hydrogens (primary N) is 1. The second kappa shape index (κ2) is 10.5. The summed E-state index contributed by atoms with van der Waals surface area (Å²) in [7, 11) is -4.40. The number of hydrogen-bond acceptors (Lipinski definition) is 5. The van der Waals surface area contributed by atoms with Crippen molar-refractivity contribution >= 4 is 27.4 Å². The number of hydrogen-bond donors (Lipinski definition) is 2. The van der Waals surface area contributed by atoms with E-state index in [9.17, 15) is 40.7 Å². The number of Topliss-reactive ketones (excluding diaryl/α,β-unsaturated/α-hetero) is 1. The Balaban J connectivity index is 2.08. The summed E-state index contributed by atoms with van der Waals surface area (Å²) in [4.78, 5) is 25.0. The van der Waals surface area contributed by atoms with Gasteiger partial charge in [-0.3, -0.25) is 13.9 Å². The molecule has 1 heterocycles. The van der Waals surface area contributed by atoms with E-state index in [1.54, 1.807) is 20.8 Å². The molecule has 2 aromatic rings. The maximum atomic E-state index is 13.8. The lowest BCUT2D eigenvalue weighted by molar-refractivity contribution is -0.258. The third kappa shape index (κ3) is 5.81. The fourth-order valence-electron chi connectivity index (χ4n) is 4.65. The number of alkyl halides is 3. The van der Waals surface area contributed by atoms with E-state index in [2.05, 4.69) is 0 Å². The predicted octanol–water partition coefficient (Wildman–Crippen LogP) is 4.60. The molecule has 0 radical (unpaired) electrons. The lowest BCUT2D eigenvalue weighted by Gasteiger charge is -2.39. The molecule has 0 saturated carbocycles. The fraction of sp³-hybridized carbons (Fsp3) is 0.481. The van der Waals surface area contributed by atoms with E-state index in [4.69, 9.17) is 5.73 Å². The van der Waals surface area contributed by atoms with Crippen molar-refractivity contribution in [2.24, 2.45) is 17.1 Å². The van der Waals surface area contributed by atoms with Crippen LogP contribution in [0.2, 0.25) is 0 Å². The highest BCUT2D eigenvalue weighted by Gasteiger charge is 2.51. The van der Waals surface area contributed by atoms with Gasteiger partial charge in [0, 0.05) is 12.8 Å². The largest absolute Gasteiger partial charge is 0.421 e. The molecule has 0 spiro atoms. The highest BCUT2D eigenvalue weighted by molar-refractivity contribution is 7.92. The summed E-state index contributed by atoms with van der Waals surface area (Å²) in [5.41, 5.74) is 1.03. The summed E-state index contributed by atoms with van der Waals surface area (Å²) in [5.74, 6) is -2.02. The smallest absolute Gasteiger partial charge is 0.376 e. The first-order chi connectivity index (χ1) is 17.8. The second-order valence-corrected chi connectivity index (χ2v) is 12.5. The van der Waals surface area contributed by atoms with Gasteiger partial charge in [0.2, 0.25) is 5.91 Å². The molecule has 214 valence electrons. The van der Waals surface area contributed by atoms with Gasteiger partial charge < -0.3 is 10.8 Å². The first kappa shape index (κ1) is 30.6. The van der Waals surface area contributed by atoms with E-state index in [0.29, 0.717) is 6.92 Å². The minimum atomic E-state index is -4.98. The maximum Gasteiger partial charge on any atom is 0.421 e. The number of carbonyl (C=O) groups excluding carboxylic acids is 2. The first-order valence-electron chi connectivity index (χ1n) is 12.4. The summed E-state index contributed by atoms with van der Waals surface area (Å²) in [5, 5.41) is 10.1. The molecule has 1 aliphatic heterocycles. The van der Waals surface area contributed by atoms with E-state index in [1.165, 1.54) is 6.07 Å². The number of primary amides is 1. The van der Waals surface area contributed by atoms with Crippen LogP contribution in [0.4, 0.5) is 23.2 Å². The van der Waals surface area contributed by atoms with Crippen LogP contribution in [0.25, 0.3) is 0 Å². The van der Waals surface area contributed by atoms with Crippen LogP contribution < -0.4 is 10.0 Å². The van der Waals surface area contributed by atoms with E-state index in [0.717, 1.165) is 40.7 Å². The van der Waals surface area contributed by atoms with Crippen molar-refractivity contribution < 1.29 is 40.7 Å². The second-order valence-electron chi connectivity index (χ2n) is 10.7. The van der Waals surface area contributed by atoms with Gasteiger partial charge in [-0.2, -0.15) is 13.2 Å². The quantitative estimate of drug-likeness (QED) is 0.426. The van der Waals surface area contributed by atoms with Crippen LogP contribution in [-0.4, -0.2) is 37.4 Å². The zero-order valence-electron chi connectivity index (χ0n) is 22.0. The van der Waals surface area contributed by atoms with Crippen molar-refractivity contribution in [2.45, 2.75) is 76.1 Å². The van der Waals surface area contributed by atoms with Crippen molar-refractivity contribution in [2.75, 3.05) is 4.31 Å². The third-order valence-corrected chi connectivity index (χ3v) is 9.63. The van der Waals surface area contributed by atoms with E-state index < -0.39 is 56.3 Å². The molecule has 0 aromatic heterocycles. The Morgan fingerprint density at radius 3 is 2.21 bits per heavy atom. The Morgan fingerprint density at radius 1 is 1.10 bits per heavy atom. The molecule has 1 aliphatic rings. The van der Waals surface area contributed by atoms with Crippen LogP contribution in [0.3, 0.4) is 0 Å². The molecule has 2 unspecified atom stereocenters. The number of rotatable bonds is 9. The van der Waals surface area contributed by atoms with Crippen LogP contribution in [0.1, 0.15) is 58.1 Å². The number of amides is 1. The number of sulfonamides is 1. The number of fused-ring (bicyclic) bond motifs is 1. The molecule has 12 heteroatoms. The molecule has 3 rings (SSSR count). The predicted molar refractivity (Wildman–Crippen MR) is 137 cm³/mol. The SMILES string of the molecule is CC(C)C(C)(CC(=O)C[C@@H]1CCc2cc(C(C)(O)C(F)(F)F)ccc2N1S(=O)(=O)c1ccc(F)cc1)C(N)=O. The molecule has 0 saturated heterocycles. The molecule has 0 bridgehead atoms. The van der Waals surface area contributed by atoms with Gasteiger partial charge in [0.1, 0.15) is 11.6 Å². The molecule has 3 N–H and O–H groups in total. The molecule has 39 heavy (non-hydrogen) atoms. The average molecular weight is 573 g/mol. The van der Waals surface area contributed by atoms with Gasteiger partial charge in [0.05, 0.1) is 22.0 Å². The van der Waals surface area contributed by atoms with Crippen molar-refractivity contribution in [3.05, 3.63) is 59.4 Å². The molecular formula is C27H32F4N2O5S. The van der Waals surface area contributed by atoms with E-state index >= 15 is 0 Å². The average Bonchev–Trinajstić information content (AvgIpc) is 2.82. The number of benzene rings is 2. The standard InChI is InChI=1S/C27H32F4N2O5S/c1-16(2)25(3,24(32)35)15-21(34)14-20-9-5-17-13-18(26(4,36)27(29,30)31)6-12-23(17)33(20)39(37,38)22-10-7-19(28)8-11-22/h6-8,10-13,16,20,36H,5,9,14-15H2,1-4H3,(H2,32,35)/t20-,25?,26?/m0/s1. The zero-order chi connectivity index (χ0) is 29.6. The summed E-state index contributed by atoms with van der Waals surface area (Å²) in [6.07, 6.45) is -5.28. The number of aryl methyl sites for hydroxylation is 1. The van der Waals surface area contributed by atoms with Crippen LogP contribution in [-0.2, 0) is 31.6 Å². The van der Waals surface area contributed by atoms with Gasteiger partial charge >= 0.3 is 6.18 Å². The topological polar surface area (TPSA) is 118 Å². The number of carbonyl (C=O) groups is 2. The number of aliphatic hydroxyl groups is 1. The van der Waals surface area contributed by atoms with Crippen molar-refractivity contribution in [1.29, 1.82) is 0 Å². The van der Waals surface area contributed by atoms with Gasteiger partial charge in [-0.05, 0) is 67.1 Å². The minimum Gasteiger partial charge on any atom is -0.376 e. The summed E-state index contributed by atoms with van der Waals surface area (Å²) < 4.78 is 82.5.